The van der Waals surface area contributed by atoms with Crippen molar-refractivity contribution in [3.05, 3.63) is 42.0 Å². The van der Waals surface area contributed by atoms with Crippen molar-refractivity contribution in [1.82, 2.24) is 0 Å². The van der Waals surface area contributed by atoms with E-state index in [-0.39, 0.29) is 18.3 Å². The van der Waals surface area contributed by atoms with Gasteiger partial charge in [0.05, 0.1) is 19.3 Å². The highest BCUT2D eigenvalue weighted by molar-refractivity contribution is 6.90. The summed E-state index contributed by atoms with van der Waals surface area (Å²) in [7, 11) is -1.54. The highest BCUT2D eigenvalue weighted by atomic mass is 28.3. The van der Waals surface area contributed by atoms with Gasteiger partial charge in [-0.3, -0.25) is 0 Å². The molecule has 27 heavy (non-hydrogen) atoms. The predicted octanol–water partition coefficient (Wildman–Crippen LogP) is 6.20. The van der Waals surface area contributed by atoms with Crippen LogP contribution in [0.4, 0.5) is 0 Å². The molecule has 2 nitrogen and oxygen atoms in total. The van der Waals surface area contributed by atoms with Gasteiger partial charge in [0.1, 0.15) is 0 Å². The Balaban J connectivity index is 1.99. The third-order valence-electron chi connectivity index (χ3n) is 6.21. The molecule has 0 bridgehead atoms. The largest absolute Gasteiger partial charge is 0.458 e. The maximum absolute atomic E-state index is 6.15. The van der Waals surface area contributed by atoms with Crippen molar-refractivity contribution >= 4 is 20.4 Å². The van der Waals surface area contributed by atoms with Gasteiger partial charge < -0.3 is 9.31 Å². The molecule has 0 radical (unpaired) electrons. The molecule has 0 amide bonds. The van der Waals surface area contributed by atoms with E-state index < -0.39 is 8.07 Å². The first-order valence-electron chi connectivity index (χ1n) is 10.7. The molecule has 1 aromatic carbocycles. The summed E-state index contributed by atoms with van der Waals surface area (Å²) in [5.41, 5.74) is 1.18. The van der Waals surface area contributed by atoms with Crippen molar-refractivity contribution < 1.29 is 9.31 Å². The summed E-state index contributed by atoms with van der Waals surface area (Å²) in [6.07, 6.45) is 8.22. The van der Waals surface area contributed by atoms with Crippen LogP contribution in [0, 0.1) is 0 Å². The second-order valence-electron chi connectivity index (χ2n) is 9.66. The molecule has 1 aliphatic rings. The van der Waals surface area contributed by atoms with E-state index in [4.69, 9.17) is 9.31 Å². The first kappa shape index (κ1) is 22.5. The minimum atomic E-state index is -1.45. The Kier molecular flexibility index (Phi) is 7.57. The van der Waals surface area contributed by atoms with E-state index in [1.165, 1.54) is 25.3 Å². The lowest BCUT2D eigenvalue weighted by molar-refractivity contribution is 0.00578. The number of allylic oxidation sites excluding steroid dienone is 2. The first-order chi connectivity index (χ1) is 12.6. The fraction of sp³-hybridized carbons (Fsp3) is 0.652. The molecule has 150 valence electrons. The number of hydrogen-bond donors (Lipinski definition) is 0. The van der Waals surface area contributed by atoms with E-state index in [0.29, 0.717) is 0 Å². The van der Waals surface area contributed by atoms with Gasteiger partial charge in [-0.25, -0.2) is 0 Å². The van der Waals surface area contributed by atoms with E-state index in [1.54, 1.807) is 10.8 Å². The quantitative estimate of drug-likeness (QED) is 0.371. The second kappa shape index (κ2) is 9.11. The van der Waals surface area contributed by atoms with Gasteiger partial charge in [0.25, 0.3) is 0 Å². The fourth-order valence-corrected chi connectivity index (χ4v) is 6.49. The zero-order valence-corrected chi connectivity index (χ0v) is 19.6. The lowest BCUT2D eigenvalue weighted by atomic mass is 9.82. The highest BCUT2D eigenvalue weighted by Crippen LogP contribution is 2.38. The van der Waals surface area contributed by atoms with Crippen LogP contribution in [0.25, 0.3) is 0 Å². The van der Waals surface area contributed by atoms with E-state index in [9.17, 15) is 0 Å². The molecule has 2 rings (SSSR count). The smallest absolute Gasteiger partial charge is 0.403 e. The van der Waals surface area contributed by atoms with E-state index >= 15 is 0 Å². The minimum Gasteiger partial charge on any atom is -0.403 e. The lowest BCUT2D eigenvalue weighted by Gasteiger charge is -2.32. The molecule has 1 aromatic rings. The van der Waals surface area contributed by atoms with Gasteiger partial charge in [-0.2, -0.15) is 0 Å². The van der Waals surface area contributed by atoms with Gasteiger partial charge in [0.15, 0.2) is 0 Å². The van der Waals surface area contributed by atoms with Crippen LogP contribution in [0.1, 0.15) is 60.3 Å². The summed E-state index contributed by atoms with van der Waals surface area (Å²) in [6.45, 7) is 15.8. The lowest BCUT2D eigenvalue weighted by Crippen LogP contribution is -2.41. The van der Waals surface area contributed by atoms with Crippen LogP contribution < -0.4 is 5.19 Å². The zero-order chi connectivity index (χ0) is 20.1. The molecule has 0 saturated carbocycles. The van der Waals surface area contributed by atoms with Crippen molar-refractivity contribution in [3.8, 4) is 0 Å². The van der Waals surface area contributed by atoms with Crippen molar-refractivity contribution in [2.24, 2.45) is 0 Å². The normalized spacial score (nSPS) is 19.5. The molecule has 1 fully saturated rings. The summed E-state index contributed by atoms with van der Waals surface area (Å²) in [6, 6.07) is 12.4. The topological polar surface area (TPSA) is 18.5 Å². The Bertz CT molecular complexity index is 607. The molecule has 1 saturated heterocycles. The molecule has 0 N–H and O–H groups in total. The molecule has 0 spiro atoms. The molecular weight excluding hydrogens is 347 g/mol. The minimum absolute atomic E-state index is 0.0851. The number of hydrogen-bond acceptors (Lipinski definition) is 2. The van der Waals surface area contributed by atoms with Crippen LogP contribution in [0.3, 0.4) is 0 Å². The van der Waals surface area contributed by atoms with Gasteiger partial charge in [-0.15, -0.1) is 0 Å². The average molecular weight is 386 g/mol. The summed E-state index contributed by atoms with van der Waals surface area (Å²) < 4.78 is 12.3. The van der Waals surface area contributed by atoms with Crippen LogP contribution in [0.15, 0.2) is 42.0 Å². The average Bonchev–Trinajstić information content (AvgIpc) is 2.80. The van der Waals surface area contributed by atoms with Gasteiger partial charge >= 0.3 is 7.12 Å². The first-order valence-corrected chi connectivity index (χ1v) is 13.9. The van der Waals surface area contributed by atoms with Crippen molar-refractivity contribution in [2.45, 2.75) is 97.0 Å². The van der Waals surface area contributed by atoms with Crippen molar-refractivity contribution in [2.75, 3.05) is 0 Å². The number of rotatable bonds is 9. The Labute approximate surface area is 168 Å². The molecule has 0 unspecified atom stereocenters. The summed E-state index contributed by atoms with van der Waals surface area (Å²) in [5, 5.41) is 1.55. The summed E-state index contributed by atoms with van der Waals surface area (Å²) in [4.78, 5) is 0. The van der Waals surface area contributed by atoms with Crippen LogP contribution >= 0.6 is 0 Å². The Hall–Kier alpha value is -0.838. The molecule has 0 aliphatic carbocycles. The van der Waals surface area contributed by atoms with Gasteiger partial charge in [0, 0.05) is 0 Å². The van der Waals surface area contributed by atoms with Crippen LogP contribution in [0.5, 0.6) is 0 Å². The van der Waals surface area contributed by atoms with E-state index in [1.807, 2.05) is 0 Å². The fourth-order valence-electron chi connectivity index (χ4n) is 3.73. The molecule has 0 aromatic heterocycles. The SMILES string of the molecule is CCCC/C(=C\CCB1OC(C)(C)C(C)(C)O1)C[Si](C)(C)c1ccccc1. The van der Waals surface area contributed by atoms with Crippen molar-refractivity contribution in [1.29, 1.82) is 0 Å². The Morgan fingerprint density at radius 1 is 1.04 bits per heavy atom. The zero-order valence-electron chi connectivity index (χ0n) is 18.6. The van der Waals surface area contributed by atoms with Crippen LogP contribution in [-0.4, -0.2) is 26.4 Å². The maximum atomic E-state index is 6.15. The maximum Gasteiger partial charge on any atom is 0.458 e. The summed E-state index contributed by atoms with van der Waals surface area (Å²) in [5.74, 6) is 0. The van der Waals surface area contributed by atoms with E-state index in [0.717, 1.165) is 12.7 Å². The monoisotopic (exact) mass is 386 g/mol. The summed E-state index contributed by atoms with van der Waals surface area (Å²) >= 11 is 0. The Morgan fingerprint density at radius 3 is 2.19 bits per heavy atom. The third kappa shape index (κ3) is 6.07. The number of benzene rings is 1. The molecular formula is C23H39BO2Si. The standard InChI is InChI=1S/C23H39BO2Si/c1-8-9-14-20(19-27(6,7)21-16-11-10-12-17-21)15-13-18-24-25-22(2,3)23(4,5)26-24/h10-12,15-17H,8-9,13-14,18-19H2,1-7H3/b20-15+. The highest BCUT2D eigenvalue weighted by Gasteiger charge is 2.50. The van der Waals surface area contributed by atoms with Crippen LogP contribution in [0.2, 0.25) is 25.5 Å². The molecule has 1 heterocycles. The van der Waals surface area contributed by atoms with Crippen LogP contribution in [-0.2, 0) is 9.31 Å². The molecule has 1 aliphatic heterocycles. The third-order valence-corrected chi connectivity index (χ3v) is 9.45. The number of unbranched alkanes of at least 4 members (excludes halogenated alkanes) is 1. The van der Waals surface area contributed by atoms with Gasteiger partial charge in [-0.1, -0.05) is 73.6 Å². The van der Waals surface area contributed by atoms with Crippen molar-refractivity contribution in [3.63, 3.8) is 0 Å². The Morgan fingerprint density at radius 2 is 1.63 bits per heavy atom. The van der Waals surface area contributed by atoms with E-state index in [2.05, 4.69) is 84.1 Å². The second-order valence-corrected chi connectivity index (χ2v) is 14.4. The molecule has 4 heteroatoms. The van der Waals surface area contributed by atoms with Gasteiger partial charge in [0.2, 0.25) is 0 Å². The molecule has 0 atom stereocenters. The van der Waals surface area contributed by atoms with Gasteiger partial charge in [-0.05, 0) is 59.3 Å². The predicted molar refractivity (Wildman–Crippen MR) is 121 cm³/mol.